The van der Waals surface area contributed by atoms with Gasteiger partial charge in [-0.3, -0.25) is 4.57 Å². The average Bonchev–Trinajstić information content (AvgIpc) is 3.46. The van der Waals surface area contributed by atoms with E-state index in [0.717, 1.165) is 40.9 Å². The van der Waals surface area contributed by atoms with Gasteiger partial charge in [0.05, 0.1) is 6.54 Å². The number of H-pyrrole nitrogens is 1. The summed E-state index contributed by atoms with van der Waals surface area (Å²) in [7, 11) is 0. The Morgan fingerprint density at radius 1 is 1.09 bits per heavy atom. The lowest BCUT2D eigenvalue weighted by atomic mass is 9.98. The Morgan fingerprint density at radius 3 is 2.52 bits per heavy atom. The van der Waals surface area contributed by atoms with Gasteiger partial charge in [-0.25, -0.2) is 9.48 Å². The van der Waals surface area contributed by atoms with Crippen molar-refractivity contribution in [3.63, 3.8) is 0 Å². The maximum Gasteiger partial charge on any atom is 0.346 e. The molecule has 0 spiro atoms. The number of nitrogens with zero attached hydrogens (tertiary/aromatic N) is 6. The Balaban J connectivity index is 1.60. The van der Waals surface area contributed by atoms with Crippen LogP contribution in [0.25, 0.3) is 22.5 Å². The molecule has 0 atom stereocenters. The number of hydrogen-bond donors (Lipinski definition) is 1. The average molecular weight is 444 g/mol. The van der Waals surface area contributed by atoms with Gasteiger partial charge in [0.2, 0.25) is 5.82 Å². The van der Waals surface area contributed by atoms with Crippen LogP contribution in [-0.2, 0) is 19.5 Å². The third kappa shape index (κ3) is 5.16. The number of benzene rings is 2. The van der Waals surface area contributed by atoms with Crippen molar-refractivity contribution in [1.82, 2.24) is 35.0 Å². The number of hydrogen-bond acceptors (Lipinski definition) is 5. The van der Waals surface area contributed by atoms with Gasteiger partial charge in [-0.2, -0.15) is 10.3 Å². The van der Waals surface area contributed by atoms with E-state index in [0.29, 0.717) is 31.3 Å². The van der Waals surface area contributed by atoms with Crippen LogP contribution in [-0.4, -0.2) is 35.0 Å². The monoisotopic (exact) mass is 443 g/mol. The first-order chi connectivity index (χ1) is 16.1. The molecule has 0 saturated heterocycles. The fraction of sp³-hybridized carbons (Fsp3) is 0.320. The molecule has 8 heteroatoms. The van der Waals surface area contributed by atoms with Crippen LogP contribution in [0.2, 0.25) is 0 Å². The molecule has 2 aromatic heterocycles. The van der Waals surface area contributed by atoms with Crippen molar-refractivity contribution in [2.45, 2.75) is 46.2 Å². The predicted octanol–water partition coefficient (Wildman–Crippen LogP) is 4.10. The van der Waals surface area contributed by atoms with Crippen molar-refractivity contribution in [2.24, 2.45) is 5.92 Å². The molecule has 2 aromatic carbocycles. The van der Waals surface area contributed by atoms with Gasteiger partial charge in [-0.05, 0) is 40.7 Å². The molecule has 0 amide bonds. The Labute approximate surface area is 193 Å². The van der Waals surface area contributed by atoms with Crippen molar-refractivity contribution in [2.75, 3.05) is 0 Å². The molecule has 0 aliphatic carbocycles. The standard InChI is InChI=1S/C25H29N7O/c1-4-5-10-23-28-32(16-15-18(2)3)25(33)31(23)17-19-11-13-20(14-12-19)21-8-6-7-9-22(21)24-26-29-30-27-24/h4,6-9,11-14,18H,1,5,10,15-17H2,2-3H3,(H,26,27,29,30). The third-order valence-corrected chi connectivity index (χ3v) is 5.61. The van der Waals surface area contributed by atoms with Gasteiger partial charge in [0.15, 0.2) is 0 Å². The Morgan fingerprint density at radius 2 is 1.85 bits per heavy atom. The van der Waals surface area contributed by atoms with Crippen molar-refractivity contribution >= 4 is 0 Å². The van der Waals surface area contributed by atoms with Crippen LogP contribution in [0.5, 0.6) is 0 Å². The highest BCUT2D eigenvalue weighted by molar-refractivity contribution is 5.80. The van der Waals surface area contributed by atoms with E-state index in [1.807, 2.05) is 30.3 Å². The van der Waals surface area contributed by atoms with Gasteiger partial charge in [0.1, 0.15) is 5.82 Å². The van der Waals surface area contributed by atoms with E-state index in [9.17, 15) is 4.79 Å². The zero-order chi connectivity index (χ0) is 23.2. The summed E-state index contributed by atoms with van der Waals surface area (Å²) in [5.74, 6) is 1.87. The van der Waals surface area contributed by atoms with Crippen LogP contribution in [0.4, 0.5) is 0 Å². The molecule has 1 N–H and O–H groups in total. The molecule has 0 aliphatic heterocycles. The minimum Gasteiger partial charge on any atom is -0.274 e. The van der Waals surface area contributed by atoms with Gasteiger partial charge in [0.25, 0.3) is 0 Å². The first-order valence-electron chi connectivity index (χ1n) is 11.3. The minimum absolute atomic E-state index is 0.0544. The maximum atomic E-state index is 13.0. The van der Waals surface area contributed by atoms with E-state index in [-0.39, 0.29) is 5.69 Å². The molecule has 2 heterocycles. The Bertz CT molecular complexity index is 1250. The summed E-state index contributed by atoms with van der Waals surface area (Å²) in [6.45, 7) is 9.23. The number of aromatic nitrogens is 7. The molecule has 0 radical (unpaired) electrons. The summed E-state index contributed by atoms with van der Waals surface area (Å²) in [5.41, 5.74) is 3.97. The zero-order valence-electron chi connectivity index (χ0n) is 19.1. The molecular formula is C25H29N7O. The van der Waals surface area contributed by atoms with E-state index in [2.05, 4.69) is 70.4 Å². The van der Waals surface area contributed by atoms with E-state index >= 15 is 0 Å². The number of aryl methyl sites for hydroxylation is 2. The minimum atomic E-state index is -0.0544. The Kier molecular flexibility index (Phi) is 6.92. The second kappa shape index (κ2) is 10.2. The summed E-state index contributed by atoms with van der Waals surface area (Å²) in [4.78, 5) is 13.0. The lowest BCUT2D eigenvalue weighted by Crippen LogP contribution is -2.26. The summed E-state index contributed by atoms with van der Waals surface area (Å²) in [6, 6.07) is 16.2. The van der Waals surface area contributed by atoms with Gasteiger partial charge in [-0.15, -0.1) is 16.8 Å². The van der Waals surface area contributed by atoms with Crippen molar-refractivity contribution in [1.29, 1.82) is 0 Å². The molecule has 0 saturated carbocycles. The largest absolute Gasteiger partial charge is 0.346 e. The maximum absolute atomic E-state index is 13.0. The van der Waals surface area contributed by atoms with E-state index in [4.69, 9.17) is 0 Å². The Hall–Kier alpha value is -3.81. The van der Waals surface area contributed by atoms with Crippen LogP contribution in [0.1, 0.15) is 38.1 Å². The lowest BCUT2D eigenvalue weighted by Gasteiger charge is -2.09. The molecule has 33 heavy (non-hydrogen) atoms. The smallest absolute Gasteiger partial charge is 0.274 e. The van der Waals surface area contributed by atoms with Crippen LogP contribution < -0.4 is 5.69 Å². The van der Waals surface area contributed by atoms with Gasteiger partial charge < -0.3 is 0 Å². The predicted molar refractivity (Wildman–Crippen MR) is 129 cm³/mol. The molecular weight excluding hydrogens is 414 g/mol. The number of aromatic amines is 1. The normalized spacial score (nSPS) is 11.2. The van der Waals surface area contributed by atoms with E-state index < -0.39 is 0 Å². The third-order valence-electron chi connectivity index (χ3n) is 5.61. The molecule has 0 bridgehead atoms. The van der Waals surface area contributed by atoms with Gasteiger partial charge in [0, 0.05) is 18.5 Å². The zero-order valence-corrected chi connectivity index (χ0v) is 19.1. The quantitative estimate of drug-likeness (QED) is 0.372. The fourth-order valence-corrected chi connectivity index (χ4v) is 3.76. The van der Waals surface area contributed by atoms with Gasteiger partial charge in [-0.1, -0.05) is 68.5 Å². The number of nitrogens with one attached hydrogen (secondary N) is 1. The van der Waals surface area contributed by atoms with E-state index in [1.54, 1.807) is 9.25 Å². The number of allylic oxidation sites excluding steroid dienone is 1. The first kappa shape index (κ1) is 22.4. The fourth-order valence-electron chi connectivity index (χ4n) is 3.76. The molecule has 4 rings (SSSR count). The summed E-state index contributed by atoms with van der Waals surface area (Å²) < 4.78 is 3.39. The summed E-state index contributed by atoms with van der Waals surface area (Å²) >= 11 is 0. The summed E-state index contributed by atoms with van der Waals surface area (Å²) in [5, 5.41) is 19.0. The second-order valence-corrected chi connectivity index (χ2v) is 8.50. The second-order valence-electron chi connectivity index (χ2n) is 8.50. The number of rotatable bonds is 10. The van der Waals surface area contributed by atoms with Crippen LogP contribution >= 0.6 is 0 Å². The highest BCUT2D eigenvalue weighted by Gasteiger charge is 2.15. The van der Waals surface area contributed by atoms with Crippen LogP contribution in [0, 0.1) is 5.92 Å². The summed E-state index contributed by atoms with van der Waals surface area (Å²) in [6.07, 6.45) is 4.26. The molecule has 0 aliphatic rings. The molecule has 0 unspecified atom stereocenters. The van der Waals surface area contributed by atoms with Gasteiger partial charge >= 0.3 is 5.69 Å². The van der Waals surface area contributed by atoms with Crippen molar-refractivity contribution in [3.05, 3.63) is 83.1 Å². The lowest BCUT2D eigenvalue weighted by molar-refractivity contribution is 0.473. The topological polar surface area (TPSA) is 94.3 Å². The molecule has 0 fully saturated rings. The van der Waals surface area contributed by atoms with Crippen LogP contribution in [0.15, 0.2) is 66.0 Å². The highest BCUT2D eigenvalue weighted by atomic mass is 16.2. The highest BCUT2D eigenvalue weighted by Crippen LogP contribution is 2.29. The SMILES string of the molecule is C=CCCc1nn(CCC(C)C)c(=O)n1Cc1ccc(-c2ccccc2-c2nn[nH]n2)cc1. The molecule has 8 nitrogen and oxygen atoms in total. The molecule has 170 valence electrons. The molecule has 4 aromatic rings. The van der Waals surface area contributed by atoms with E-state index in [1.165, 1.54) is 0 Å². The first-order valence-corrected chi connectivity index (χ1v) is 11.3. The van der Waals surface area contributed by atoms with Crippen molar-refractivity contribution < 1.29 is 0 Å². The van der Waals surface area contributed by atoms with Crippen molar-refractivity contribution in [3.8, 4) is 22.5 Å². The number of tetrazole rings is 1. The van der Waals surface area contributed by atoms with Crippen LogP contribution in [0.3, 0.4) is 0 Å².